The van der Waals surface area contributed by atoms with Crippen molar-refractivity contribution < 1.29 is 0 Å². The van der Waals surface area contributed by atoms with Crippen LogP contribution in [-0.4, -0.2) is 55.6 Å². The minimum Gasteiger partial charge on any atom is -0.338 e. The van der Waals surface area contributed by atoms with Gasteiger partial charge in [0.25, 0.3) is 5.56 Å². The molecular formula is C16H19N7OS. The van der Waals surface area contributed by atoms with Crippen LogP contribution in [0.15, 0.2) is 29.3 Å². The lowest BCUT2D eigenvalue weighted by molar-refractivity contribution is 0.246. The summed E-state index contributed by atoms with van der Waals surface area (Å²) in [7, 11) is 0. The predicted molar refractivity (Wildman–Crippen MR) is 96.0 cm³/mol. The van der Waals surface area contributed by atoms with Crippen molar-refractivity contribution in [2.75, 3.05) is 31.1 Å². The van der Waals surface area contributed by atoms with Crippen molar-refractivity contribution in [3.05, 3.63) is 45.6 Å². The van der Waals surface area contributed by atoms with E-state index in [1.807, 2.05) is 13.0 Å². The van der Waals surface area contributed by atoms with Crippen molar-refractivity contribution >= 4 is 22.2 Å². The van der Waals surface area contributed by atoms with Crippen LogP contribution >= 0.6 is 11.3 Å². The number of fused-ring (bicyclic) bond motifs is 1. The first-order chi connectivity index (χ1) is 12.2. The summed E-state index contributed by atoms with van der Waals surface area (Å²) in [6, 6.07) is 3.42. The van der Waals surface area contributed by atoms with E-state index in [4.69, 9.17) is 0 Å². The number of aryl methyl sites for hydroxylation is 1. The highest BCUT2D eigenvalue weighted by Gasteiger charge is 2.19. The fourth-order valence-corrected chi connectivity index (χ4v) is 3.77. The van der Waals surface area contributed by atoms with Crippen molar-refractivity contribution in [2.24, 2.45) is 0 Å². The Morgan fingerprint density at radius 1 is 1.16 bits per heavy atom. The lowest BCUT2D eigenvalue weighted by Gasteiger charge is -2.34. The fraction of sp³-hybridized carbons (Fsp3) is 0.438. The molecule has 3 aromatic heterocycles. The van der Waals surface area contributed by atoms with Gasteiger partial charge in [0, 0.05) is 51.2 Å². The van der Waals surface area contributed by atoms with E-state index in [1.54, 1.807) is 18.5 Å². The molecule has 0 spiro atoms. The minimum absolute atomic E-state index is 0.104. The van der Waals surface area contributed by atoms with Crippen molar-refractivity contribution in [3.8, 4) is 0 Å². The molecule has 8 nitrogen and oxygen atoms in total. The second-order valence-corrected chi connectivity index (χ2v) is 6.98. The first-order valence-electron chi connectivity index (χ1n) is 8.36. The van der Waals surface area contributed by atoms with Gasteiger partial charge < -0.3 is 4.90 Å². The first-order valence-corrected chi connectivity index (χ1v) is 9.17. The quantitative estimate of drug-likeness (QED) is 0.684. The van der Waals surface area contributed by atoms with Gasteiger partial charge in [-0.2, -0.15) is 9.61 Å². The number of rotatable bonds is 4. The Bertz CT molecular complexity index is 915. The zero-order valence-corrected chi connectivity index (χ0v) is 14.8. The summed E-state index contributed by atoms with van der Waals surface area (Å²) in [4.78, 5) is 30.6. The lowest BCUT2D eigenvalue weighted by Crippen LogP contribution is -2.46. The van der Waals surface area contributed by atoms with Gasteiger partial charge in [0.15, 0.2) is 0 Å². The summed E-state index contributed by atoms with van der Waals surface area (Å²) in [5.41, 5.74) is 0.702. The zero-order chi connectivity index (χ0) is 17.2. The Labute approximate surface area is 148 Å². The van der Waals surface area contributed by atoms with Gasteiger partial charge in [-0.25, -0.2) is 15.0 Å². The molecule has 0 atom stereocenters. The highest BCUT2D eigenvalue weighted by atomic mass is 32.1. The van der Waals surface area contributed by atoms with E-state index < -0.39 is 0 Å². The van der Waals surface area contributed by atoms with Crippen LogP contribution in [0.4, 0.5) is 5.95 Å². The van der Waals surface area contributed by atoms with Crippen LogP contribution in [0.2, 0.25) is 0 Å². The predicted octanol–water partition coefficient (Wildman–Crippen LogP) is 0.826. The zero-order valence-electron chi connectivity index (χ0n) is 14.0. The molecule has 1 saturated heterocycles. The van der Waals surface area contributed by atoms with Gasteiger partial charge >= 0.3 is 0 Å². The molecule has 0 radical (unpaired) electrons. The van der Waals surface area contributed by atoms with Gasteiger partial charge in [-0.15, -0.1) is 0 Å². The molecule has 0 aliphatic carbocycles. The third-order valence-electron chi connectivity index (χ3n) is 4.24. The van der Waals surface area contributed by atoms with E-state index >= 15 is 0 Å². The number of hydrogen-bond donors (Lipinski definition) is 0. The number of nitrogens with zero attached hydrogens (tertiary/aromatic N) is 7. The summed E-state index contributed by atoms with van der Waals surface area (Å²) in [5.74, 6) is 0.775. The van der Waals surface area contributed by atoms with E-state index in [0.29, 0.717) is 11.5 Å². The smallest absolute Gasteiger partial charge is 0.275 e. The molecule has 0 amide bonds. The highest BCUT2D eigenvalue weighted by molar-refractivity contribution is 7.16. The van der Waals surface area contributed by atoms with Crippen LogP contribution in [-0.2, 0) is 13.0 Å². The second kappa shape index (κ2) is 6.85. The van der Waals surface area contributed by atoms with Crippen LogP contribution in [0.1, 0.15) is 17.6 Å². The maximum atomic E-state index is 12.2. The Hall–Kier alpha value is -2.39. The summed E-state index contributed by atoms with van der Waals surface area (Å²) >= 11 is 1.48. The van der Waals surface area contributed by atoms with Crippen molar-refractivity contribution in [1.82, 2.24) is 29.5 Å². The van der Waals surface area contributed by atoms with Gasteiger partial charge in [-0.1, -0.05) is 18.3 Å². The molecule has 0 N–H and O–H groups in total. The standard InChI is InChI=1S/C16H19N7OS/c1-2-13-20-23-14(24)10-12(19-16(23)25-13)11-21-6-8-22(9-7-21)15-17-4-3-5-18-15/h3-5,10H,2,6-9,11H2,1H3. The van der Waals surface area contributed by atoms with Crippen molar-refractivity contribution in [1.29, 1.82) is 0 Å². The normalized spacial score (nSPS) is 15.8. The molecule has 1 aliphatic heterocycles. The fourth-order valence-electron chi connectivity index (χ4n) is 2.91. The van der Waals surface area contributed by atoms with Crippen LogP contribution in [0.25, 0.3) is 4.96 Å². The minimum atomic E-state index is -0.104. The lowest BCUT2D eigenvalue weighted by atomic mass is 10.3. The Morgan fingerprint density at radius 2 is 1.92 bits per heavy atom. The van der Waals surface area contributed by atoms with Crippen LogP contribution in [0.5, 0.6) is 0 Å². The largest absolute Gasteiger partial charge is 0.338 e. The molecular weight excluding hydrogens is 338 g/mol. The molecule has 4 rings (SSSR count). The van der Waals surface area contributed by atoms with Gasteiger partial charge in [0.05, 0.1) is 5.69 Å². The summed E-state index contributed by atoms with van der Waals surface area (Å²) in [5, 5.41) is 5.22. The van der Waals surface area contributed by atoms with Gasteiger partial charge in [-0.3, -0.25) is 9.69 Å². The van der Waals surface area contributed by atoms with Gasteiger partial charge in [0.2, 0.25) is 10.9 Å². The van der Waals surface area contributed by atoms with E-state index in [9.17, 15) is 4.79 Å². The molecule has 1 aliphatic rings. The molecule has 0 saturated carbocycles. The number of anilines is 1. The highest BCUT2D eigenvalue weighted by Crippen LogP contribution is 2.14. The molecule has 4 heterocycles. The van der Waals surface area contributed by atoms with E-state index in [2.05, 4.69) is 29.9 Å². The summed E-state index contributed by atoms with van der Waals surface area (Å²) in [6.07, 6.45) is 4.34. The molecule has 1 fully saturated rings. The molecule has 0 unspecified atom stereocenters. The van der Waals surface area contributed by atoms with Crippen LogP contribution < -0.4 is 10.5 Å². The van der Waals surface area contributed by atoms with E-state index in [0.717, 1.165) is 49.2 Å². The number of hydrogen-bond acceptors (Lipinski definition) is 8. The number of aromatic nitrogens is 5. The topological polar surface area (TPSA) is 79.5 Å². The summed E-state index contributed by atoms with van der Waals surface area (Å²) in [6.45, 7) is 6.22. The van der Waals surface area contributed by atoms with E-state index in [-0.39, 0.29) is 5.56 Å². The maximum absolute atomic E-state index is 12.2. The molecule has 9 heteroatoms. The third-order valence-corrected chi connectivity index (χ3v) is 5.29. The molecule has 0 bridgehead atoms. The van der Waals surface area contributed by atoms with Crippen molar-refractivity contribution in [3.63, 3.8) is 0 Å². The SMILES string of the molecule is CCc1nn2c(=O)cc(CN3CCN(c4ncccn4)CC3)nc2s1. The monoisotopic (exact) mass is 357 g/mol. The Morgan fingerprint density at radius 3 is 2.64 bits per heavy atom. The molecule has 25 heavy (non-hydrogen) atoms. The average molecular weight is 357 g/mol. The average Bonchev–Trinajstić information content (AvgIpc) is 3.07. The van der Waals surface area contributed by atoms with Gasteiger partial charge in [0.1, 0.15) is 5.01 Å². The van der Waals surface area contributed by atoms with E-state index in [1.165, 1.54) is 15.9 Å². The van der Waals surface area contributed by atoms with Crippen LogP contribution in [0.3, 0.4) is 0 Å². The number of piperazine rings is 1. The molecule has 3 aromatic rings. The molecule has 130 valence electrons. The Balaban J connectivity index is 1.45. The summed E-state index contributed by atoms with van der Waals surface area (Å²) < 4.78 is 1.40. The third kappa shape index (κ3) is 3.38. The Kier molecular flexibility index (Phi) is 4.41. The van der Waals surface area contributed by atoms with Crippen molar-refractivity contribution in [2.45, 2.75) is 19.9 Å². The van der Waals surface area contributed by atoms with Crippen LogP contribution in [0, 0.1) is 0 Å². The maximum Gasteiger partial charge on any atom is 0.275 e. The first kappa shape index (κ1) is 16.1. The molecule has 0 aromatic carbocycles. The second-order valence-electron chi connectivity index (χ2n) is 5.94. The van der Waals surface area contributed by atoms with Gasteiger partial charge in [-0.05, 0) is 12.5 Å².